The van der Waals surface area contributed by atoms with E-state index in [1.54, 1.807) is 6.20 Å². The lowest BCUT2D eigenvalue weighted by Gasteiger charge is -2.32. The smallest absolute Gasteiger partial charge is 0.306 e. The van der Waals surface area contributed by atoms with Crippen molar-refractivity contribution in [2.45, 2.75) is 12.8 Å². The summed E-state index contributed by atoms with van der Waals surface area (Å²) in [5, 5.41) is 9.06. The molecule has 0 unspecified atom stereocenters. The van der Waals surface area contributed by atoms with Gasteiger partial charge in [0.05, 0.1) is 23.5 Å². The predicted molar refractivity (Wildman–Crippen MR) is 80.0 cm³/mol. The molecule has 1 aromatic heterocycles. The van der Waals surface area contributed by atoms with Gasteiger partial charge in [-0.25, -0.2) is 18.7 Å². The summed E-state index contributed by atoms with van der Waals surface area (Å²) in [5.41, 5.74) is 1.66. The van der Waals surface area contributed by atoms with Crippen LogP contribution in [0.1, 0.15) is 12.8 Å². The van der Waals surface area contributed by atoms with Gasteiger partial charge in [0.2, 0.25) is 0 Å². The van der Waals surface area contributed by atoms with Gasteiger partial charge in [-0.05, 0) is 31.0 Å². The Hall–Kier alpha value is -2.57. The number of carboxylic acids is 1. The summed E-state index contributed by atoms with van der Waals surface area (Å²) < 4.78 is 26.6. The summed E-state index contributed by atoms with van der Waals surface area (Å²) in [7, 11) is 0. The van der Waals surface area contributed by atoms with Crippen molar-refractivity contribution >= 4 is 11.7 Å². The monoisotopic (exact) mass is 319 g/mol. The molecule has 2 heterocycles. The first-order chi connectivity index (χ1) is 11.1. The first kappa shape index (κ1) is 15.3. The Bertz CT molecular complexity index is 731. The van der Waals surface area contributed by atoms with E-state index in [4.69, 9.17) is 5.11 Å². The van der Waals surface area contributed by atoms with E-state index in [0.717, 1.165) is 12.1 Å². The zero-order valence-electron chi connectivity index (χ0n) is 12.2. The molecular formula is C16H15F2N3O2. The quantitative estimate of drug-likeness (QED) is 0.942. The van der Waals surface area contributed by atoms with Crippen molar-refractivity contribution in [1.82, 2.24) is 9.97 Å². The van der Waals surface area contributed by atoms with Crippen molar-refractivity contribution in [2.75, 3.05) is 18.0 Å². The molecule has 0 bridgehead atoms. The maximum Gasteiger partial charge on any atom is 0.306 e. The van der Waals surface area contributed by atoms with E-state index in [1.807, 2.05) is 4.90 Å². The highest BCUT2D eigenvalue weighted by Crippen LogP contribution is 2.31. The molecule has 0 aliphatic carbocycles. The van der Waals surface area contributed by atoms with Gasteiger partial charge in [0.1, 0.15) is 6.33 Å². The van der Waals surface area contributed by atoms with E-state index in [-0.39, 0.29) is 5.92 Å². The Morgan fingerprint density at radius 1 is 1.22 bits per heavy atom. The Labute approximate surface area is 131 Å². The fourth-order valence-electron chi connectivity index (χ4n) is 2.79. The predicted octanol–water partition coefficient (Wildman–Crippen LogP) is 2.72. The van der Waals surface area contributed by atoms with Crippen LogP contribution >= 0.6 is 0 Å². The van der Waals surface area contributed by atoms with E-state index >= 15 is 0 Å². The van der Waals surface area contributed by atoms with Crippen LogP contribution in [0.2, 0.25) is 0 Å². The molecule has 1 fully saturated rings. The summed E-state index contributed by atoms with van der Waals surface area (Å²) in [6, 6.07) is 3.63. The maximum absolute atomic E-state index is 13.5. The standard InChI is InChI=1S/C16H15F2N3O2/c17-12-2-1-11(7-13(12)18)15-14(8-19-9-20-15)21-5-3-10(4-6-21)16(22)23/h1-2,7-10H,3-6H2,(H,22,23). The molecule has 0 radical (unpaired) electrons. The van der Waals surface area contributed by atoms with Crippen molar-refractivity contribution in [3.63, 3.8) is 0 Å². The van der Waals surface area contributed by atoms with Crippen molar-refractivity contribution < 1.29 is 18.7 Å². The van der Waals surface area contributed by atoms with Crippen LogP contribution in [0, 0.1) is 17.6 Å². The third kappa shape index (κ3) is 3.13. The second-order valence-electron chi connectivity index (χ2n) is 5.49. The Morgan fingerprint density at radius 2 is 1.96 bits per heavy atom. The average molecular weight is 319 g/mol. The molecule has 23 heavy (non-hydrogen) atoms. The molecule has 1 N–H and O–H groups in total. The number of aliphatic carboxylic acids is 1. The number of anilines is 1. The van der Waals surface area contributed by atoms with Crippen LogP contribution in [-0.2, 0) is 4.79 Å². The Morgan fingerprint density at radius 3 is 2.61 bits per heavy atom. The first-order valence-electron chi connectivity index (χ1n) is 7.29. The fourth-order valence-corrected chi connectivity index (χ4v) is 2.79. The number of piperidine rings is 1. The van der Waals surface area contributed by atoms with Crippen LogP contribution in [0.5, 0.6) is 0 Å². The van der Waals surface area contributed by atoms with E-state index in [9.17, 15) is 13.6 Å². The molecule has 120 valence electrons. The zero-order chi connectivity index (χ0) is 16.4. The molecule has 0 spiro atoms. The van der Waals surface area contributed by atoms with Crippen molar-refractivity contribution in [1.29, 1.82) is 0 Å². The number of hydrogen-bond donors (Lipinski definition) is 1. The molecule has 0 atom stereocenters. The molecule has 1 saturated heterocycles. The van der Waals surface area contributed by atoms with Crippen LogP contribution in [0.25, 0.3) is 11.3 Å². The van der Waals surface area contributed by atoms with Gasteiger partial charge >= 0.3 is 5.97 Å². The van der Waals surface area contributed by atoms with Crippen molar-refractivity contribution in [3.05, 3.63) is 42.4 Å². The number of carboxylic acid groups (broad SMARTS) is 1. The number of aromatic nitrogens is 2. The largest absolute Gasteiger partial charge is 0.481 e. The topological polar surface area (TPSA) is 66.3 Å². The van der Waals surface area contributed by atoms with Crippen LogP contribution < -0.4 is 4.90 Å². The Balaban J connectivity index is 1.89. The lowest BCUT2D eigenvalue weighted by atomic mass is 9.96. The maximum atomic E-state index is 13.5. The normalized spacial score (nSPS) is 15.7. The molecule has 0 amide bonds. The first-order valence-corrected chi connectivity index (χ1v) is 7.29. The van der Waals surface area contributed by atoms with Crippen molar-refractivity contribution in [2.24, 2.45) is 5.92 Å². The lowest BCUT2D eigenvalue weighted by molar-refractivity contribution is -0.142. The second-order valence-corrected chi connectivity index (χ2v) is 5.49. The highest BCUT2D eigenvalue weighted by molar-refractivity contribution is 5.75. The van der Waals surface area contributed by atoms with Crippen LogP contribution in [0.4, 0.5) is 14.5 Å². The van der Waals surface area contributed by atoms with Crippen molar-refractivity contribution in [3.8, 4) is 11.3 Å². The minimum Gasteiger partial charge on any atom is -0.481 e. The van der Waals surface area contributed by atoms with Gasteiger partial charge in [-0.2, -0.15) is 0 Å². The van der Waals surface area contributed by atoms with E-state index < -0.39 is 17.6 Å². The third-order valence-corrected chi connectivity index (χ3v) is 4.07. The summed E-state index contributed by atoms with van der Waals surface area (Å²) in [6.45, 7) is 1.11. The summed E-state index contributed by atoms with van der Waals surface area (Å²) in [6.07, 6.45) is 4.03. The minimum absolute atomic E-state index is 0.345. The van der Waals surface area contributed by atoms with Crippen LogP contribution in [0.3, 0.4) is 0 Å². The second kappa shape index (κ2) is 6.28. The van der Waals surface area contributed by atoms with Gasteiger partial charge in [-0.3, -0.25) is 4.79 Å². The van der Waals surface area contributed by atoms with E-state index in [1.165, 1.54) is 12.4 Å². The van der Waals surface area contributed by atoms with Gasteiger partial charge in [-0.1, -0.05) is 0 Å². The zero-order valence-corrected chi connectivity index (χ0v) is 12.2. The van der Waals surface area contributed by atoms with E-state index in [2.05, 4.69) is 9.97 Å². The number of halogens is 2. The highest BCUT2D eigenvalue weighted by atomic mass is 19.2. The number of benzene rings is 1. The molecular weight excluding hydrogens is 304 g/mol. The van der Waals surface area contributed by atoms with Crippen LogP contribution in [-0.4, -0.2) is 34.1 Å². The van der Waals surface area contributed by atoms with Gasteiger partial charge in [0.15, 0.2) is 11.6 Å². The van der Waals surface area contributed by atoms with E-state index in [0.29, 0.717) is 42.9 Å². The Kier molecular flexibility index (Phi) is 4.18. The van der Waals surface area contributed by atoms with Gasteiger partial charge < -0.3 is 10.0 Å². The summed E-state index contributed by atoms with van der Waals surface area (Å²) >= 11 is 0. The number of hydrogen-bond acceptors (Lipinski definition) is 4. The summed E-state index contributed by atoms with van der Waals surface area (Å²) in [4.78, 5) is 21.2. The number of carbonyl (C=O) groups is 1. The molecule has 1 aromatic carbocycles. The van der Waals surface area contributed by atoms with Crippen LogP contribution in [0.15, 0.2) is 30.7 Å². The number of rotatable bonds is 3. The molecule has 7 heteroatoms. The molecule has 3 rings (SSSR count). The lowest BCUT2D eigenvalue weighted by Crippen LogP contribution is -2.36. The average Bonchev–Trinajstić information content (AvgIpc) is 2.57. The van der Waals surface area contributed by atoms with Gasteiger partial charge in [0, 0.05) is 18.7 Å². The third-order valence-electron chi connectivity index (χ3n) is 4.07. The van der Waals surface area contributed by atoms with Gasteiger partial charge in [-0.15, -0.1) is 0 Å². The molecule has 1 aliphatic heterocycles. The molecule has 2 aromatic rings. The van der Waals surface area contributed by atoms with Gasteiger partial charge in [0.25, 0.3) is 0 Å². The molecule has 1 aliphatic rings. The SMILES string of the molecule is O=C(O)C1CCN(c2cncnc2-c2ccc(F)c(F)c2)CC1. The fraction of sp³-hybridized carbons (Fsp3) is 0.312. The highest BCUT2D eigenvalue weighted by Gasteiger charge is 2.26. The molecule has 5 nitrogen and oxygen atoms in total. The summed E-state index contributed by atoms with van der Waals surface area (Å²) in [5.74, 6) is -2.97. The number of nitrogens with zero attached hydrogens (tertiary/aromatic N) is 3. The minimum atomic E-state index is -0.934. The molecule has 0 saturated carbocycles.